The minimum Gasteiger partial charge on any atom is -0.497 e. The number of benzene rings is 2. The highest BCUT2D eigenvalue weighted by atomic mass is 35.5. The van der Waals surface area contributed by atoms with E-state index in [-0.39, 0.29) is 10.8 Å². The first-order valence-electron chi connectivity index (χ1n) is 6.60. The molecule has 0 radical (unpaired) electrons. The molecule has 0 amide bonds. The van der Waals surface area contributed by atoms with Crippen molar-refractivity contribution in [1.29, 1.82) is 0 Å². The van der Waals surface area contributed by atoms with Crippen LogP contribution in [0.3, 0.4) is 0 Å². The van der Waals surface area contributed by atoms with Gasteiger partial charge >= 0.3 is 5.97 Å². The third-order valence-corrected chi connectivity index (χ3v) is 3.47. The Morgan fingerprint density at radius 2 is 1.78 bits per heavy atom. The third kappa shape index (κ3) is 4.65. The Bertz CT molecular complexity index is 741. The molecule has 23 heavy (non-hydrogen) atoms. The lowest BCUT2D eigenvalue weighted by molar-refractivity contribution is -0.128. The molecule has 4 nitrogen and oxygen atoms in total. The molecule has 0 N–H and O–H groups in total. The summed E-state index contributed by atoms with van der Waals surface area (Å²) in [4.78, 5) is 11.9. The van der Waals surface area contributed by atoms with Crippen molar-refractivity contribution < 1.29 is 19.0 Å². The average Bonchev–Trinajstić information content (AvgIpc) is 2.55. The highest BCUT2D eigenvalue weighted by molar-refractivity contribution is 6.35. The van der Waals surface area contributed by atoms with Gasteiger partial charge in [-0.15, -0.1) is 0 Å². The number of esters is 1. The third-order valence-electron chi connectivity index (χ3n) is 2.94. The zero-order valence-electron chi connectivity index (χ0n) is 12.5. The Morgan fingerprint density at radius 3 is 2.43 bits per heavy atom. The molecule has 0 spiro atoms. The van der Waals surface area contributed by atoms with Gasteiger partial charge in [-0.1, -0.05) is 23.2 Å². The fourth-order valence-electron chi connectivity index (χ4n) is 1.81. The van der Waals surface area contributed by atoms with Gasteiger partial charge in [-0.2, -0.15) is 0 Å². The van der Waals surface area contributed by atoms with Gasteiger partial charge in [0.15, 0.2) is 0 Å². The van der Waals surface area contributed by atoms with E-state index in [4.69, 9.17) is 37.4 Å². The number of halogens is 2. The molecule has 2 aromatic rings. The van der Waals surface area contributed by atoms with Gasteiger partial charge in [0, 0.05) is 22.7 Å². The SMILES string of the molecule is COc1ccc(C=CC(=O)Oc2ccc(Cl)cc2Cl)c(OC)c1. The first kappa shape index (κ1) is 17.2. The summed E-state index contributed by atoms with van der Waals surface area (Å²) < 4.78 is 15.5. The first-order chi connectivity index (χ1) is 11.0. The Labute approximate surface area is 144 Å². The molecular formula is C17H14Cl2O4. The van der Waals surface area contributed by atoms with Crippen molar-refractivity contribution >= 4 is 35.2 Å². The molecule has 0 fully saturated rings. The topological polar surface area (TPSA) is 44.8 Å². The quantitative estimate of drug-likeness (QED) is 0.447. The number of carbonyl (C=O) groups is 1. The van der Waals surface area contributed by atoms with E-state index in [0.717, 1.165) is 0 Å². The van der Waals surface area contributed by atoms with Crippen molar-refractivity contribution in [2.24, 2.45) is 0 Å². The summed E-state index contributed by atoms with van der Waals surface area (Å²) in [5.74, 6) is 0.923. The molecule has 0 aliphatic rings. The zero-order chi connectivity index (χ0) is 16.8. The normalized spacial score (nSPS) is 10.6. The molecule has 2 aromatic carbocycles. The molecule has 0 atom stereocenters. The smallest absolute Gasteiger partial charge is 0.336 e. The van der Waals surface area contributed by atoms with Crippen LogP contribution in [0, 0.1) is 0 Å². The highest BCUT2D eigenvalue weighted by Crippen LogP contribution is 2.28. The van der Waals surface area contributed by atoms with Gasteiger partial charge in [0.2, 0.25) is 0 Å². The molecule has 0 aliphatic carbocycles. The van der Waals surface area contributed by atoms with Crippen molar-refractivity contribution in [1.82, 2.24) is 0 Å². The molecule has 0 saturated heterocycles. The monoisotopic (exact) mass is 352 g/mol. The second kappa shape index (κ2) is 7.90. The number of hydrogen-bond acceptors (Lipinski definition) is 4. The number of hydrogen-bond donors (Lipinski definition) is 0. The fourth-order valence-corrected chi connectivity index (χ4v) is 2.26. The van der Waals surface area contributed by atoms with Crippen molar-refractivity contribution in [3.05, 3.63) is 58.1 Å². The molecule has 0 unspecified atom stereocenters. The number of ether oxygens (including phenoxy) is 3. The predicted octanol–water partition coefficient (Wildman–Crippen LogP) is 4.63. The van der Waals surface area contributed by atoms with Crippen molar-refractivity contribution in [2.75, 3.05) is 14.2 Å². The second-order valence-electron chi connectivity index (χ2n) is 4.44. The van der Waals surface area contributed by atoms with Gasteiger partial charge in [0.05, 0.1) is 19.2 Å². The van der Waals surface area contributed by atoms with Gasteiger partial charge in [-0.25, -0.2) is 4.79 Å². The molecule has 0 aliphatic heterocycles. The molecule has 0 aromatic heterocycles. The summed E-state index contributed by atoms with van der Waals surface area (Å²) in [6.45, 7) is 0. The van der Waals surface area contributed by atoms with Gasteiger partial charge in [0.25, 0.3) is 0 Å². The maximum Gasteiger partial charge on any atom is 0.336 e. The van der Waals surface area contributed by atoms with Gasteiger partial charge in [-0.3, -0.25) is 0 Å². The molecule has 0 saturated carbocycles. The Balaban J connectivity index is 2.12. The van der Waals surface area contributed by atoms with Crippen LogP contribution < -0.4 is 14.2 Å². The lowest BCUT2D eigenvalue weighted by atomic mass is 10.2. The zero-order valence-corrected chi connectivity index (χ0v) is 14.0. The van der Waals surface area contributed by atoms with Crippen LogP contribution in [0.1, 0.15) is 5.56 Å². The van der Waals surface area contributed by atoms with Crippen LogP contribution in [0.25, 0.3) is 6.08 Å². The lowest BCUT2D eigenvalue weighted by Crippen LogP contribution is -2.04. The number of carbonyl (C=O) groups excluding carboxylic acids is 1. The fraction of sp³-hybridized carbons (Fsp3) is 0.118. The molecule has 0 heterocycles. The minimum atomic E-state index is -0.563. The van der Waals surface area contributed by atoms with E-state index in [9.17, 15) is 4.79 Å². The summed E-state index contributed by atoms with van der Waals surface area (Å²) in [6.07, 6.45) is 2.87. The van der Waals surface area contributed by atoms with Gasteiger partial charge in [-0.05, 0) is 36.4 Å². The van der Waals surface area contributed by atoms with E-state index in [1.807, 2.05) is 0 Å². The highest BCUT2D eigenvalue weighted by Gasteiger charge is 2.07. The van der Waals surface area contributed by atoms with E-state index >= 15 is 0 Å². The van der Waals surface area contributed by atoms with Crippen molar-refractivity contribution in [3.63, 3.8) is 0 Å². The molecule has 6 heteroatoms. The van der Waals surface area contributed by atoms with Crippen LogP contribution in [0.4, 0.5) is 0 Å². The maximum atomic E-state index is 11.9. The van der Waals surface area contributed by atoms with Crippen LogP contribution in [0.15, 0.2) is 42.5 Å². The van der Waals surface area contributed by atoms with Gasteiger partial charge in [0.1, 0.15) is 17.2 Å². The average molecular weight is 353 g/mol. The Kier molecular flexibility index (Phi) is 5.90. The Morgan fingerprint density at radius 1 is 1.00 bits per heavy atom. The summed E-state index contributed by atoms with van der Waals surface area (Å²) in [7, 11) is 3.11. The standard InChI is InChI=1S/C17H14Cl2O4/c1-21-13-6-3-11(16(10-13)22-2)4-8-17(20)23-15-7-5-12(18)9-14(15)19/h3-10H,1-2H3. The van der Waals surface area contributed by atoms with E-state index in [1.165, 1.54) is 25.3 Å². The van der Waals surface area contributed by atoms with Crippen LogP contribution in [0.2, 0.25) is 10.0 Å². The van der Waals surface area contributed by atoms with Crippen molar-refractivity contribution in [2.45, 2.75) is 0 Å². The minimum absolute atomic E-state index is 0.243. The van der Waals surface area contributed by atoms with Crippen LogP contribution in [0.5, 0.6) is 17.2 Å². The molecular weight excluding hydrogens is 339 g/mol. The van der Waals surface area contributed by atoms with Crippen LogP contribution in [-0.4, -0.2) is 20.2 Å². The molecule has 2 rings (SSSR count). The largest absolute Gasteiger partial charge is 0.497 e. The Hall–Kier alpha value is -2.17. The summed E-state index contributed by atoms with van der Waals surface area (Å²) in [6, 6.07) is 9.89. The lowest BCUT2D eigenvalue weighted by Gasteiger charge is -2.07. The van der Waals surface area contributed by atoms with Crippen molar-refractivity contribution in [3.8, 4) is 17.2 Å². The number of rotatable bonds is 5. The van der Waals surface area contributed by atoms with Crippen LogP contribution >= 0.6 is 23.2 Å². The van der Waals surface area contributed by atoms with Gasteiger partial charge < -0.3 is 14.2 Å². The second-order valence-corrected chi connectivity index (χ2v) is 5.28. The maximum absolute atomic E-state index is 11.9. The number of methoxy groups -OCH3 is 2. The first-order valence-corrected chi connectivity index (χ1v) is 7.36. The molecule has 0 bridgehead atoms. The predicted molar refractivity (Wildman–Crippen MR) is 90.7 cm³/mol. The van der Waals surface area contributed by atoms with E-state index < -0.39 is 5.97 Å². The van der Waals surface area contributed by atoms with Crippen LogP contribution in [-0.2, 0) is 4.79 Å². The van der Waals surface area contributed by atoms with E-state index in [0.29, 0.717) is 22.1 Å². The van der Waals surface area contributed by atoms with E-state index in [2.05, 4.69) is 0 Å². The summed E-state index contributed by atoms with van der Waals surface area (Å²) in [5.41, 5.74) is 0.715. The summed E-state index contributed by atoms with van der Waals surface area (Å²) >= 11 is 11.7. The van der Waals surface area contributed by atoms with E-state index in [1.54, 1.807) is 37.5 Å². The summed E-state index contributed by atoms with van der Waals surface area (Å²) in [5, 5.41) is 0.731. The molecule has 120 valence electrons.